The van der Waals surface area contributed by atoms with E-state index < -0.39 is 0 Å². The summed E-state index contributed by atoms with van der Waals surface area (Å²) in [5.74, 6) is 0.679. The maximum absolute atomic E-state index is 12.4. The molecule has 10 heteroatoms. The molecule has 0 saturated carbocycles. The molecule has 1 aromatic carbocycles. The van der Waals surface area contributed by atoms with Gasteiger partial charge in [-0.15, -0.1) is 10.2 Å². The summed E-state index contributed by atoms with van der Waals surface area (Å²) in [4.78, 5) is 24.7. The first kappa shape index (κ1) is 24.2. The van der Waals surface area contributed by atoms with E-state index in [9.17, 15) is 9.59 Å². The Bertz CT molecular complexity index is 1120. The molecule has 1 fully saturated rings. The van der Waals surface area contributed by atoms with Crippen molar-refractivity contribution < 1.29 is 28.5 Å². The van der Waals surface area contributed by atoms with E-state index in [1.807, 2.05) is 19.9 Å². The van der Waals surface area contributed by atoms with E-state index in [2.05, 4.69) is 15.5 Å². The second kappa shape index (κ2) is 10.5. The summed E-state index contributed by atoms with van der Waals surface area (Å²) in [5, 5.41) is 12.3. The predicted octanol–water partition coefficient (Wildman–Crippen LogP) is 4.29. The van der Waals surface area contributed by atoms with Gasteiger partial charge >= 0.3 is 5.97 Å². The summed E-state index contributed by atoms with van der Waals surface area (Å²) in [7, 11) is 3.14. The second-order valence-electron chi connectivity index (χ2n) is 8.35. The van der Waals surface area contributed by atoms with E-state index in [4.69, 9.17) is 18.9 Å². The van der Waals surface area contributed by atoms with Crippen molar-refractivity contribution in [2.75, 3.05) is 26.1 Å². The number of methoxy groups -OCH3 is 2. The number of amides is 1. The topological polar surface area (TPSA) is 109 Å². The molecule has 2 aliphatic heterocycles. The van der Waals surface area contributed by atoms with Gasteiger partial charge in [0.1, 0.15) is 34.8 Å². The minimum Gasteiger partial charge on any atom is -0.496 e. The zero-order valence-corrected chi connectivity index (χ0v) is 20.7. The Labute approximate surface area is 202 Å². The Hall–Kier alpha value is -2.98. The normalized spacial score (nSPS) is 17.5. The van der Waals surface area contributed by atoms with Gasteiger partial charge in [-0.1, -0.05) is 23.0 Å². The van der Waals surface area contributed by atoms with Crippen molar-refractivity contribution in [3.05, 3.63) is 38.9 Å². The van der Waals surface area contributed by atoms with Crippen LogP contribution < -0.4 is 14.8 Å². The highest BCUT2D eigenvalue weighted by Crippen LogP contribution is 2.42. The molecular weight excluding hydrogens is 458 g/mol. The SMILES string of the molecule is COc1c(C)c2c(c(OC)c1C/C=C(\C)CCC(=O)Nc1nnc([C@H]3CCCO3)s1)C(=O)OC2. The fourth-order valence-corrected chi connectivity index (χ4v) is 5.14. The van der Waals surface area contributed by atoms with Crippen molar-refractivity contribution >= 4 is 28.3 Å². The standard InChI is InChI=1S/C24H29N3O6S/c1-13(8-10-18(28)25-24-27-26-22(34-24)17-6-5-11-32-17)7-9-15-20(30-3)14(2)16-12-33-23(29)19(16)21(15)31-4/h7,17H,5-6,8-12H2,1-4H3,(H,25,27,28)/b13-7+/t17-/m1/s1. The number of anilines is 1. The minimum atomic E-state index is -0.379. The van der Waals surface area contributed by atoms with Crippen LogP contribution in [0.5, 0.6) is 11.5 Å². The first-order valence-corrected chi connectivity index (χ1v) is 12.1. The molecule has 1 saturated heterocycles. The molecule has 1 atom stereocenters. The molecule has 0 unspecified atom stereocenters. The highest BCUT2D eigenvalue weighted by Gasteiger charge is 2.32. The molecule has 9 nitrogen and oxygen atoms in total. The number of hydrogen-bond donors (Lipinski definition) is 1. The fraction of sp³-hybridized carbons (Fsp3) is 0.500. The van der Waals surface area contributed by atoms with Gasteiger partial charge in [-0.05, 0) is 45.1 Å². The Morgan fingerprint density at radius 2 is 2.03 bits per heavy atom. The molecular formula is C24H29N3O6S. The molecule has 182 valence electrons. The minimum absolute atomic E-state index is 0.00739. The van der Waals surface area contributed by atoms with Crippen LogP contribution in [0.4, 0.5) is 5.13 Å². The Kier molecular flexibility index (Phi) is 7.47. The lowest BCUT2D eigenvalue weighted by Crippen LogP contribution is -2.11. The lowest BCUT2D eigenvalue weighted by molar-refractivity contribution is -0.116. The number of esters is 1. The molecule has 3 heterocycles. The van der Waals surface area contributed by atoms with Crippen molar-refractivity contribution in [3.8, 4) is 11.5 Å². The van der Waals surface area contributed by atoms with E-state index in [1.54, 1.807) is 7.11 Å². The van der Waals surface area contributed by atoms with Crippen LogP contribution in [0.3, 0.4) is 0 Å². The lowest BCUT2D eigenvalue weighted by atomic mass is 9.94. The van der Waals surface area contributed by atoms with Gasteiger partial charge in [-0.2, -0.15) is 0 Å². The number of carbonyl (C=O) groups is 2. The molecule has 4 rings (SSSR count). The third kappa shape index (κ3) is 4.92. The number of benzene rings is 1. The average molecular weight is 488 g/mol. The quantitative estimate of drug-likeness (QED) is 0.412. The number of cyclic esters (lactones) is 1. The molecule has 34 heavy (non-hydrogen) atoms. The van der Waals surface area contributed by atoms with E-state index >= 15 is 0 Å². The van der Waals surface area contributed by atoms with Crippen LogP contribution in [0.25, 0.3) is 0 Å². The number of carbonyl (C=O) groups excluding carboxylic acids is 2. The highest BCUT2D eigenvalue weighted by molar-refractivity contribution is 7.15. The number of fused-ring (bicyclic) bond motifs is 1. The summed E-state index contributed by atoms with van der Waals surface area (Å²) < 4.78 is 22.1. The van der Waals surface area contributed by atoms with Crippen molar-refractivity contribution in [3.63, 3.8) is 0 Å². The molecule has 0 aliphatic carbocycles. The van der Waals surface area contributed by atoms with Gasteiger partial charge < -0.3 is 24.3 Å². The van der Waals surface area contributed by atoms with Crippen molar-refractivity contribution in [2.45, 2.75) is 58.7 Å². The van der Waals surface area contributed by atoms with E-state index in [-0.39, 0.29) is 24.6 Å². The number of ether oxygens (including phenoxy) is 4. The molecule has 1 amide bonds. The van der Waals surface area contributed by atoms with Crippen LogP contribution in [-0.2, 0) is 27.3 Å². The highest BCUT2D eigenvalue weighted by atomic mass is 32.1. The summed E-state index contributed by atoms with van der Waals surface area (Å²) >= 11 is 1.36. The lowest BCUT2D eigenvalue weighted by Gasteiger charge is -2.18. The van der Waals surface area contributed by atoms with Gasteiger partial charge in [-0.3, -0.25) is 4.79 Å². The number of rotatable bonds is 9. The number of allylic oxidation sites excluding steroid dienone is 2. The summed E-state index contributed by atoms with van der Waals surface area (Å²) in [6.07, 6.45) is 5.38. The van der Waals surface area contributed by atoms with Gasteiger partial charge in [0.05, 0.1) is 14.2 Å². The molecule has 1 N–H and O–H groups in total. The van der Waals surface area contributed by atoms with Gasteiger partial charge in [0.2, 0.25) is 11.0 Å². The van der Waals surface area contributed by atoms with Crippen molar-refractivity contribution in [1.29, 1.82) is 0 Å². The van der Waals surface area contributed by atoms with Gasteiger partial charge in [-0.25, -0.2) is 4.79 Å². The van der Waals surface area contributed by atoms with Crippen LogP contribution in [0.1, 0.15) is 70.8 Å². The average Bonchev–Trinajstić information content (AvgIpc) is 3.58. The van der Waals surface area contributed by atoms with Crippen molar-refractivity contribution in [1.82, 2.24) is 10.2 Å². The maximum Gasteiger partial charge on any atom is 0.342 e. The Morgan fingerprint density at radius 3 is 2.74 bits per heavy atom. The third-order valence-electron chi connectivity index (χ3n) is 6.12. The second-order valence-corrected chi connectivity index (χ2v) is 9.36. The first-order valence-electron chi connectivity index (χ1n) is 11.3. The predicted molar refractivity (Wildman–Crippen MR) is 127 cm³/mol. The number of aromatic nitrogens is 2. The number of nitrogens with one attached hydrogen (secondary N) is 1. The molecule has 2 aromatic rings. The molecule has 0 bridgehead atoms. The number of nitrogens with zero attached hydrogens (tertiary/aromatic N) is 2. The summed E-state index contributed by atoms with van der Waals surface area (Å²) in [5.41, 5.74) is 3.99. The van der Waals surface area contributed by atoms with E-state index in [1.165, 1.54) is 18.4 Å². The van der Waals surface area contributed by atoms with Crippen LogP contribution in [0.15, 0.2) is 11.6 Å². The first-order chi connectivity index (χ1) is 16.4. The van der Waals surface area contributed by atoms with Crippen molar-refractivity contribution in [2.24, 2.45) is 0 Å². The molecule has 0 spiro atoms. The Balaban J connectivity index is 1.39. The largest absolute Gasteiger partial charge is 0.496 e. The van der Waals surface area contributed by atoms with Crippen LogP contribution in [0, 0.1) is 6.92 Å². The van der Waals surface area contributed by atoms with E-state index in [0.717, 1.165) is 46.7 Å². The monoisotopic (exact) mass is 487 g/mol. The zero-order chi connectivity index (χ0) is 24.2. The smallest absolute Gasteiger partial charge is 0.342 e. The van der Waals surface area contributed by atoms with Gasteiger partial charge in [0.25, 0.3) is 0 Å². The van der Waals surface area contributed by atoms with Gasteiger partial charge in [0.15, 0.2) is 0 Å². The zero-order valence-electron chi connectivity index (χ0n) is 19.9. The molecule has 2 aliphatic rings. The van der Waals surface area contributed by atoms with E-state index in [0.29, 0.717) is 41.5 Å². The Morgan fingerprint density at radius 1 is 1.24 bits per heavy atom. The summed E-state index contributed by atoms with van der Waals surface area (Å²) in [6.45, 7) is 4.85. The van der Waals surface area contributed by atoms with Crippen LogP contribution in [0.2, 0.25) is 0 Å². The summed E-state index contributed by atoms with van der Waals surface area (Å²) in [6, 6.07) is 0. The number of hydrogen-bond acceptors (Lipinski definition) is 9. The maximum atomic E-state index is 12.4. The fourth-order valence-electron chi connectivity index (χ4n) is 4.29. The van der Waals surface area contributed by atoms with Crippen LogP contribution in [-0.4, -0.2) is 42.9 Å². The van der Waals surface area contributed by atoms with Crippen LogP contribution >= 0.6 is 11.3 Å². The third-order valence-corrected chi connectivity index (χ3v) is 7.05. The molecule has 1 aromatic heterocycles. The molecule has 0 radical (unpaired) electrons. The van der Waals surface area contributed by atoms with Gasteiger partial charge in [0, 0.05) is 24.2 Å².